The molecule has 19 heavy (non-hydrogen) atoms. The minimum absolute atomic E-state index is 0.0329. The van der Waals surface area contributed by atoms with E-state index in [1.807, 2.05) is 0 Å². The third-order valence-corrected chi connectivity index (χ3v) is 3.19. The second-order valence-corrected chi connectivity index (χ2v) is 4.65. The first-order valence-electron chi connectivity index (χ1n) is 5.92. The van der Waals surface area contributed by atoms with Gasteiger partial charge in [0.25, 0.3) is 0 Å². The summed E-state index contributed by atoms with van der Waals surface area (Å²) in [5.74, 6) is -3.45. The minimum Gasteiger partial charge on any atom is -0.480 e. The molecule has 1 fully saturated rings. The summed E-state index contributed by atoms with van der Waals surface area (Å²) in [6.07, 6.45) is 0.769. The number of aryl methyl sites for hydroxylation is 1. The summed E-state index contributed by atoms with van der Waals surface area (Å²) >= 11 is 0. The van der Waals surface area contributed by atoms with Crippen molar-refractivity contribution in [3.05, 3.63) is 35.4 Å². The summed E-state index contributed by atoms with van der Waals surface area (Å²) in [7, 11) is 0. The second kappa shape index (κ2) is 4.95. The fourth-order valence-electron chi connectivity index (χ4n) is 1.84. The van der Waals surface area contributed by atoms with Crippen molar-refractivity contribution >= 4 is 11.9 Å². The van der Waals surface area contributed by atoms with Gasteiger partial charge in [0.1, 0.15) is 5.54 Å². The van der Waals surface area contributed by atoms with Crippen molar-refractivity contribution in [3.8, 4) is 0 Å². The summed E-state index contributed by atoms with van der Waals surface area (Å²) in [6, 6.07) is 3.77. The van der Waals surface area contributed by atoms with Crippen LogP contribution in [0.3, 0.4) is 0 Å². The topological polar surface area (TPSA) is 66.4 Å². The Bertz CT molecular complexity index is 527. The van der Waals surface area contributed by atoms with Gasteiger partial charge in [-0.05, 0) is 30.9 Å². The van der Waals surface area contributed by atoms with Gasteiger partial charge in [-0.25, -0.2) is 13.6 Å². The normalized spacial score (nSPS) is 15.9. The van der Waals surface area contributed by atoms with Crippen molar-refractivity contribution in [2.45, 2.75) is 31.2 Å². The molecule has 6 heteroatoms. The van der Waals surface area contributed by atoms with Crippen molar-refractivity contribution in [2.75, 3.05) is 0 Å². The molecule has 1 aliphatic carbocycles. The summed E-state index contributed by atoms with van der Waals surface area (Å²) in [5.41, 5.74) is -1.03. The van der Waals surface area contributed by atoms with E-state index in [1.54, 1.807) is 0 Å². The largest absolute Gasteiger partial charge is 0.480 e. The molecule has 0 aromatic heterocycles. The van der Waals surface area contributed by atoms with Crippen LogP contribution < -0.4 is 5.32 Å². The molecule has 1 aliphatic rings. The SMILES string of the molecule is O=C(CCc1cccc(F)c1F)NC1(C(=O)O)CC1. The van der Waals surface area contributed by atoms with Gasteiger partial charge in [0.05, 0.1) is 0 Å². The molecule has 0 aliphatic heterocycles. The van der Waals surface area contributed by atoms with Crippen LogP contribution in [-0.4, -0.2) is 22.5 Å². The quantitative estimate of drug-likeness (QED) is 0.853. The number of carbonyl (C=O) groups is 2. The molecule has 1 saturated carbocycles. The molecule has 0 spiro atoms. The van der Waals surface area contributed by atoms with Gasteiger partial charge >= 0.3 is 5.97 Å². The third-order valence-electron chi connectivity index (χ3n) is 3.19. The monoisotopic (exact) mass is 269 g/mol. The van der Waals surface area contributed by atoms with E-state index in [4.69, 9.17) is 5.11 Å². The Labute approximate surface area is 108 Å². The van der Waals surface area contributed by atoms with Gasteiger partial charge in [-0.15, -0.1) is 0 Å². The Balaban J connectivity index is 1.91. The molecule has 1 aromatic carbocycles. The van der Waals surface area contributed by atoms with Crippen LogP contribution in [0.2, 0.25) is 0 Å². The molecule has 2 rings (SSSR count). The molecule has 0 saturated heterocycles. The lowest BCUT2D eigenvalue weighted by atomic mass is 10.1. The zero-order chi connectivity index (χ0) is 14.0. The Morgan fingerprint density at radius 2 is 2.00 bits per heavy atom. The number of carboxylic acid groups (broad SMARTS) is 1. The van der Waals surface area contributed by atoms with Gasteiger partial charge < -0.3 is 10.4 Å². The molecule has 0 unspecified atom stereocenters. The standard InChI is InChI=1S/C13H13F2NO3/c14-9-3-1-2-8(11(9)15)4-5-10(17)16-13(6-7-13)12(18)19/h1-3H,4-7H2,(H,16,17)(H,18,19). The third kappa shape index (κ3) is 2.89. The van der Waals surface area contributed by atoms with Gasteiger partial charge in [-0.2, -0.15) is 0 Å². The summed E-state index contributed by atoms with van der Waals surface area (Å²) in [6.45, 7) is 0. The van der Waals surface area contributed by atoms with Gasteiger partial charge in [-0.3, -0.25) is 4.79 Å². The fourth-order valence-corrected chi connectivity index (χ4v) is 1.84. The van der Waals surface area contributed by atoms with Gasteiger partial charge in [0, 0.05) is 6.42 Å². The smallest absolute Gasteiger partial charge is 0.329 e. The van der Waals surface area contributed by atoms with Crippen molar-refractivity contribution < 1.29 is 23.5 Å². The first-order chi connectivity index (χ1) is 8.94. The van der Waals surface area contributed by atoms with Gasteiger partial charge in [0.15, 0.2) is 11.6 Å². The van der Waals surface area contributed by atoms with E-state index in [0.29, 0.717) is 12.8 Å². The number of carboxylic acids is 1. The number of carbonyl (C=O) groups excluding carboxylic acids is 1. The van der Waals surface area contributed by atoms with Crippen molar-refractivity contribution in [3.63, 3.8) is 0 Å². The summed E-state index contributed by atoms with van der Waals surface area (Å²) < 4.78 is 26.3. The van der Waals surface area contributed by atoms with E-state index in [-0.39, 0.29) is 18.4 Å². The fraction of sp³-hybridized carbons (Fsp3) is 0.385. The molecule has 0 heterocycles. The van der Waals surface area contributed by atoms with Crippen LogP contribution in [0.25, 0.3) is 0 Å². The molecule has 0 bridgehead atoms. The average Bonchev–Trinajstić information content (AvgIpc) is 3.12. The van der Waals surface area contributed by atoms with Gasteiger partial charge in [-0.1, -0.05) is 12.1 Å². The van der Waals surface area contributed by atoms with Crippen LogP contribution >= 0.6 is 0 Å². The van der Waals surface area contributed by atoms with Crippen LogP contribution in [0.15, 0.2) is 18.2 Å². The van der Waals surface area contributed by atoms with E-state index in [0.717, 1.165) is 6.07 Å². The van der Waals surface area contributed by atoms with Crippen LogP contribution in [0.5, 0.6) is 0 Å². The maximum Gasteiger partial charge on any atom is 0.329 e. The van der Waals surface area contributed by atoms with Crippen molar-refractivity contribution in [1.82, 2.24) is 5.32 Å². The van der Waals surface area contributed by atoms with E-state index < -0.39 is 29.0 Å². The van der Waals surface area contributed by atoms with Crippen LogP contribution in [-0.2, 0) is 16.0 Å². The molecule has 102 valence electrons. The van der Waals surface area contributed by atoms with Crippen molar-refractivity contribution in [1.29, 1.82) is 0 Å². The highest BCUT2D eigenvalue weighted by molar-refractivity contribution is 5.89. The predicted molar refractivity (Wildman–Crippen MR) is 62.4 cm³/mol. The number of amides is 1. The first-order valence-corrected chi connectivity index (χ1v) is 5.92. The van der Waals surface area contributed by atoms with Gasteiger partial charge in [0.2, 0.25) is 5.91 Å². The minimum atomic E-state index is -1.14. The number of hydrogen-bond donors (Lipinski definition) is 2. The Morgan fingerprint density at radius 1 is 1.32 bits per heavy atom. The lowest BCUT2D eigenvalue weighted by Crippen LogP contribution is -2.43. The number of rotatable bonds is 5. The zero-order valence-corrected chi connectivity index (χ0v) is 10.1. The molecule has 1 aromatic rings. The lowest BCUT2D eigenvalue weighted by molar-refractivity contribution is -0.143. The van der Waals surface area contributed by atoms with Crippen LogP contribution in [0.1, 0.15) is 24.8 Å². The Morgan fingerprint density at radius 3 is 2.58 bits per heavy atom. The van der Waals surface area contributed by atoms with Crippen molar-refractivity contribution in [2.24, 2.45) is 0 Å². The molecule has 4 nitrogen and oxygen atoms in total. The number of nitrogens with one attached hydrogen (secondary N) is 1. The number of hydrogen-bond acceptors (Lipinski definition) is 2. The van der Waals surface area contributed by atoms with Crippen LogP contribution in [0.4, 0.5) is 8.78 Å². The maximum atomic E-state index is 13.3. The highest BCUT2D eigenvalue weighted by Gasteiger charge is 2.51. The Kier molecular flexibility index (Phi) is 3.50. The van der Waals surface area contributed by atoms with E-state index in [9.17, 15) is 18.4 Å². The Hall–Kier alpha value is -1.98. The molecular weight excluding hydrogens is 256 g/mol. The molecule has 2 N–H and O–H groups in total. The first kappa shape index (κ1) is 13.5. The summed E-state index contributed by atoms with van der Waals surface area (Å²) in [4.78, 5) is 22.4. The zero-order valence-electron chi connectivity index (χ0n) is 10.1. The average molecular weight is 269 g/mol. The lowest BCUT2D eigenvalue weighted by Gasteiger charge is -2.12. The predicted octanol–water partition coefficient (Wildman–Crippen LogP) is 1.63. The van der Waals surface area contributed by atoms with Crippen LogP contribution in [0, 0.1) is 11.6 Å². The number of benzene rings is 1. The highest BCUT2D eigenvalue weighted by atomic mass is 19.2. The van der Waals surface area contributed by atoms with E-state index in [2.05, 4.69) is 5.32 Å². The molecular formula is C13H13F2NO3. The summed E-state index contributed by atoms with van der Waals surface area (Å²) in [5, 5.41) is 11.3. The van der Waals surface area contributed by atoms with E-state index in [1.165, 1.54) is 12.1 Å². The second-order valence-electron chi connectivity index (χ2n) is 4.65. The molecule has 1 amide bonds. The highest BCUT2D eigenvalue weighted by Crippen LogP contribution is 2.35. The maximum absolute atomic E-state index is 13.3. The number of aliphatic carboxylic acids is 1. The molecule has 0 atom stereocenters. The number of halogens is 2. The molecule has 0 radical (unpaired) electrons. The van der Waals surface area contributed by atoms with E-state index >= 15 is 0 Å².